The van der Waals surface area contributed by atoms with Gasteiger partial charge in [0.25, 0.3) is 11.8 Å². The molecule has 4 nitrogen and oxygen atoms in total. The number of aryl methyl sites for hydroxylation is 1. The Morgan fingerprint density at radius 1 is 0.921 bits per heavy atom. The maximum Gasteiger partial charge on any atom is 0.265 e. The first-order valence-electron chi connectivity index (χ1n) is 12.8. The van der Waals surface area contributed by atoms with Crippen LogP contribution in [0.2, 0.25) is 0 Å². The highest BCUT2D eigenvalue weighted by Gasteiger charge is 2.30. The van der Waals surface area contributed by atoms with Crippen LogP contribution in [0.3, 0.4) is 0 Å². The molecule has 0 aromatic heterocycles. The summed E-state index contributed by atoms with van der Waals surface area (Å²) < 4.78 is 0. The fourth-order valence-electron chi connectivity index (χ4n) is 4.55. The van der Waals surface area contributed by atoms with Crippen molar-refractivity contribution >= 4 is 35.3 Å². The van der Waals surface area contributed by atoms with Crippen molar-refractivity contribution in [2.24, 2.45) is 0 Å². The van der Waals surface area contributed by atoms with Gasteiger partial charge in [-0.3, -0.25) is 9.59 Å². The van der Waals surface area contributed by atoms with Gasteiger partial charge in [0.2, 0.25) is 0 Å². The summed E-state index contributed by atoms with van der Waals surface area (Å²) in [6.45, 7) is 5.10. The van der Waals surface area contributed by atoms with Crippen LogP contribution in [-0.4, -0.2) is 18.4 Å². The molecule has 0 radical (unpaired) electrons. The number of nitrogens with zero attached hydrogens (tertiary/aromatic N) is 1. The van der Waals surface area contributed by atoms with Crippen LogP contribution in [0.25, 0.3) is 6.08 Å². The zero-order valence-electron chi connectivity index (χ0n) is 21.6. The highest BCUT2D eigenvalue weighted by Crippen LogP contribution is 2.43. The van der Waals surface area contributed by atoms with Crippen molar-refractivity contribution in [2.45, 2.75) is 31.2 Å². The molecule has 5 heteroatoms. The van der Waals surface area contributed by atoms with Crippen molar-refractivity contribution in [2.75, 3.05) is 11.4 Å². The van der Waals surface area contributed by atoms with Crippen LogP contribution in [-0.2, 0) is 11.3 Å². The SMILES string of the molecule is Cc1cccc(CN2C(=O)/C(=C/c3ccccc3)Sc3ccc(C(=O)NC[C@@H](C)c4ccccc4)cc32)c1. The van der Waals surface area contributed by atoms with Crippen molar-refractivity contribution in [3.05, 3.63) is 136 Å². The van der Waals surface area contributed by atoms with Gasteiger partial charge in [-0.15, -0.1) is 0 Å². The number of rotatable bonds is 7. The number of anilines is 1. The van der Waals surface area contributed by atoms with E-state index in [1.165, 1.54) is 17.3 Å². The van der Waals surface area contributed by atoms with E-state index in [2.05, 4.69) is 30.4 Å². The molecule has 2 amide bonds. The maximum atomic E-state index is 13.8. The van der Waals surface area contributed by atoms with Gasteiger partial charge in [-0.1, -0.05) is 109 Å². The summed E-state index contributed by atoms with van der Waals surface area (Å²) in [5.41, 5.74) is 5.65. The monoisotopic (exact) mass is 518 g/mol. The first kappa shape index (κ1) is 25.6. The third-order valence-corrected chi connectivity index (χ3v) is 7.72. The molecule has 4 aromatic rings. The molecule has 1 atom stereocenters. The predicted molar refractivity (Wildman–Crippen MR) is 156 cm³/mol. The molecule has 1 aliphatic heterocycles. The lowest BCUT2D eigenvalue weighted by Crippen LogP contribution is -2.34. The predicted octanol–water partition coefficient (Wildman–Crippen LogP) is 7.21. The van der Waals surface area contributed by atoms with Gasteiger partial charge >= 0.3 is 0 Å². The number of carbonyl (C=O) groups excluding carboxylic acids is 2. The highest BCUT2D eigenvalue weighted by molar-refractivity contribution is 8.04. The minimum Gasteiger partial charge on any atom is -0.351 e. The molecule has 38 heavy (non-hydrogen) atoms. The van der Waals surface area contributed by atoms with Gasteiger partial charge in [0, 0.05) is 17.0 Å². The highest BCUT2D eigenvalue weighted by atomic mass is 32.2. The Balaban J connectivity index is 1.43. The Hall–Kier alpha value is -4.09. The number of nitrogens with one attached hydrogen (secondary N) is 1. The summed E-state index contributed by atoms with van der Waals surface area (Å²) in [4.78, 5) is 30.3. The van der Waals surface area contributed by atoms with Gasteiger partial charge in [0.05, 0.1) is 17.1 Å². The Kier molecular flexibility index (Phi) is 7.75. The minimum atomic E-state index is -0.144. The molecule has 0 saturated heterocycles. The smallest absolute Gasteiger partial charge is 0.265 e. The minimum absolute atomic E-state index is 0.0666. The number of hydrogen-bond acceptors (Lipinski definition) is 3. The first-order valence-corrected chi connectivity index (χ1v) is 13.6. The number of amides is 2. The van der Waals surface area contributed by atoms with Gasteiger partial charge < -0.3 is 10.2 Å². The number of benzene rings is 4. The van der Waals surface area contributed by atoms with E-state index >= 15 is 0 Å². The summed E-state index contributed by atoms with van der Waals surface area (Å²) in [5, 5.41) is 3.07. The molecule has 4 aromatic carbocycles. The molecular weight excluding hydrogens is 488 g/mol. The van der Waals surface area contributed by atoms with Crippen molar-refractivity contribution in [3.8, 4) is 0 Å². The number of hydrogen-bond donors (Lipinski definition) is 1. The Labute approximate surface area is 228 Å². The number of fused-ring (bicyclic) bond motifs is 1. The van der Waals surface area contributed by atoms with E-state index in [9.17, 15) is 9.59 Å². The van der Waals surface area contributed by atoms with E-state index in [1.54, 1.807) is 4.90 Å². The maximum absolute atomic E-state index is 13.8. The summed E-state index contributed by atoms with van der Waals surface area (Å²) in [7, 11) is 0. The molecule has 5 rings (SSSR count). The Morgan fingerprint density at radius 3 is 2.39 bits per heavy atom. The molecule has 0 aliphatic carbocycles. The Bertz CT molecular complexity index is 1480. The van der Waals surface area contributed by atoms with E-state index in [1.807, 2.05) is 97.9 Å². The van der Waals surface area contributed by atoms with Crippen LogP contribution in [0.1, 0.15) is 45.5 Å². The first-order chi connectivity index (χ1) is 18.5. The molecule has 0 saturated carbocycles. The van der Waals surface area contributed by atoms with Crippen LogP contribution in [0.15, 0.2) is 113 Å². The van der Waals surface area contributed by atoms with Crippen LogP contribution in [0, 0.1) is 6.92 Å². The summed E-state index contributed by atoms with van der Waals surface area (Å²) >= 11 is 1.45. The molecule has 1 aliphatic rings. The third-order valence-electron chi connectivity index (χ3n) is 6.65. The lowest BCUT2D eigenvalue weighted by Gasteiger charge is -2.31. The van der Waals surface area contributed by atoms with Gasteiger partial charge in [0.15, 0.2) is 0 Å². The second-order valence-electron chi connectivity index (χ2n) is 9.61. The van der Waals surface area contributed by atoms with Gasteiger partial charge in [-0.05, 0) is 53.8 Å². The van der Waals surface area contributed by atoms with E-state index < -0.39 is 0 Å². The van der Waals surface area contributed by atoms with Crippen LogP contribution < -0.4 is 10.2 Å². The quantitative estimate of drug-likeness (QED) is 0.263. The van der Waals surface area contributed by atoms with E-state index in [4.69, 9.17) is 0 Å². The zero-order chi connectivity index (χ0) is 26.5. The van der Waals surface area contributed by atoms with Crippen LogP contribution in [0.5, 0.6) is 0 Å². The normalized spacial score (nSPS) is 14.7. The van der Waals surface area contributed by atoms with Crippen molar-refractivity contribution in [3.63, 3.8) is 0 Å². The average molecular weight is 519 g/mol. The number of thioether (sulfide) groups is 1. The van der Waals surface area contributed by atoms with E-state index in [0.717, 1.165) is 27.3 Å². The molecule has 1 N–H and O–H groups in total. The van der Waals surface area contributed by atoms with Gasteiger partial charge in [0.1, 0.15) is 0 Å². The largest absolute Gasteiger partial charge is 0.351 e. The zero-order valence-corrected chi connectivity index (χ0v) is 22.4. The lowest BCUT2D eigenvalue weighted by atomic mass is 10.0. The molecule has 0 bridgehead atoms. The van der Waals surface area contributed by atoms with Crippen LogP contribution >= 0.6 is 11.8 Å². The van der Waals surface area contributed by atoms with Crippen molar-refractivity contribution in [1.82, 2.24) is 5.32 Å². The summed E-state index contributed by atoms with van der Waals surface area (Å²) in [6, 6.07) is 33.8. The van der Waals surface area contributed by atoms with Crippen LogP contribution in [0.4, 0.5) is 5.69 Å². The lowest BCUT2D eigenvalue weighted by molar-refractivity contribution is -0.114. The van der Waals surface area contributed by atoms with Gasteiger partial charge in [-0.2, -0.15) is 0 Å². The average Bonchev–Trinajstić information content (AvgIpc) is 2.94. The summed E-state index contributed by atoms with van der Waals surface area (Å²) in [5.74, 6) is -0.0179. The van der Waals surface area contributed by atoms with Gasteiger partial charge in [-0.25, -0.2) is 0 Å². The summed E-state index contributed by atoms with van der Waals surface area (Å²) in [6.07, 6.45) is 1.94. The molecule has 0 spiro atoms. The van der Waals surface area contributed by atoms with Crippen molar-refractivity contribution < 1.29 is 9.59 Å². The molecule has 0 fully saturated rings. The second-order valence-corrected chi connectivity index (χ2v) is 10.7. The Morgan fingerprint density at radius 2 is 1.66 bits per heavy atom. The second kappa shape index (κ2) is 11.5. The molecular formula is C33H30N2O2S. The third kappa shape index (κ3) is 5.90. The topological polar surface area (TPSA) is 49.4 Å². The van der Waals surface area contributed by atoms with E-state index in [-0.39, 0.29) is 17.7 Å². The molecule has 1 heterocycles. The van der Waals surface area contributed by atoms with E-state index in [0.29, 0.717) is 23.6 Å². The fourth-order valence-corrected chi connectivity index (χ4v) is 5.59. The molecule has 190 valence electrons. The fraction of sp³-hybridized carbons (Fsp3) is 0.152. The molecule has 0 unspecified atom stereocenters. The number of carbonyl (C=O) groups is 2. The van der Waals surface area contributed by atoms with Crippen molar-refractivity contribution in [1.29, 1.82) is 0 Å². The standard InChI is InChI=1S/C33H30N2O2S/c1-23-10-9-13-26(18-23)22-35-29-20-28(32(36)34-21-24(2)27-14-7-4-8-15-27)16-17-30(29)38-31(33(35)37)19-25-11-5-3-6-12-25/h3-20,24H,21-22H2,1-2H3,(H,34,36)/b31-19-/t24-/m1/s1.